The predicted molar refractivity (Wildman–Crippen MR) is 114 cm³/mol. The zero-order chi connectivity index (χ0) is 23.5. The van der Waals surface area contributed by atoms with E-state index in [9.17, 15) is 9.59 Å². The molecule has 0 bridgehead atoms. The standard InChI is InChI=1S/C22H34O10/c1-3-25-9-11-27-13-15-29-17-19-31-21(23)7-5-6-8-22(24)32-20-18-30-16-14-28-12-10-26-4-2/h3-4,9-20H2,1-2H3. The second kappa shape index (κ2) is 25.1. The van der Waals surface area contributed by atoms with Gasteiger partial charge in [0.1, 0.15) is 13.2 Å². The van der Waals surface area contributed by atoms with Crippen molar-refractivity contribution >= 4 is 11.9 Å². The van der Waals surface area contributed by atoms with E-state index >= 15 is 0 Å². The quantitative estimate of drug-likeness (QED) is 0.109. The number of rotatable bonds is 20. The minimum atomic E-state index is -0.763. The SMILES string of the molecule is CCOCCOCCOCCOC(=O)C#CC#CC(=O)OCCOCCOCCOCC. The average Bonchev–Trinajstić information content (AvgIpc) is 2.79. The average molecular weight is 459 g/mol. The van der Waals surface area contributed by atoms with Gasteiger partial charge in [-0.25, -0.2) is 9.59 Å². The smallest absolute Gasteiger partial charge is 0.385 e. The third kappa shape index (κ3) is 24.1. The molecule has 0 aromatic heterocycles. The summed E-state index contributed by atoms with van der Waals surface area (Å²) in [4.78, 5) is 22.8. The number of carbonyl (C=O) groups is 2. The Morgan fingerprint density at radius 1 is 0.469 bits per heavy atom. The molecule has 0 aromatic carbocycles. The molecule has 0 saturated heterocycles. The molecular weight excluding hydrogens is 424 g/mol. The molecule has 0 fully saturated rings. The molecule has 0 N–H and O–H groups in total. The highest BCUT2D eigenvalue weighted by molar-refractivity contribution is 5.91. The molecule has 10 heteroatoms. The molecule has 0 atom stereocenters. The zero-order valence-electron chi connectivity index (χ0n) is 19.0. The Bertz CT molecular complexity index is 533. The molecular formula is C22H34O10. The van der Waals surface area contributed by atoms with Crippen molar-refractivity contribution in [2.24, 2.45) is 0 Å². The van der Waals surface area contributed by atoms with Crippen LogP contribution in [0.2, 0.25) is 0 Å². The van der Waals surface area contributed by atoms with Crippen molar-refractivity contribution in [3.05, 3.63) is 0 Å². The van der Waals surface area contributed by atoms with Gasteiger partial charge >= 0.3 is 11.9 Å². The Labute approximate surface area is 190 Å². The molecule has 182 valence electrons. The first-order valence-electron chi connectivity index (χ1n) is 10.5. The zero-order valence-corrected chi connectivity index (χ0v) is 19.0. The highest BCUT2D eigenvalue weighted by atomic mass is 16.6. The molecule has 32 heavy (non-hydrogen) atoms. The fourth-order valence-electron chi connectivity index (χ4n) is 1.79. The number of carbonyl (C=O) groups excluding carboxylic acids is 2. The second-order valence-electron chi connectivity index (χ2n) is 5.62. The minimum Gasteiger partial charge on any atom is -0.454 e. The first-order valence-corrected chi connectivity index (χ1v) is 10.5. The maximum atomic E-state index is 11.4. The summed E-state index contributed by atoms with van der Waals surface area (Å²) in [5.74, 6) is 7.21. The van der Waals surface area contributed by atoms with Gasteiger partial charge in [0, 0.05) is 25.1 Å². The van der Waals surface area contributed by atoms with Crippen molar-refractivity contribution in [1.82, 2.24) is 0 Å². The molecule has 10 nitrogen and oxygen atoms in total. The van der Waals surface area contributed by atoms with E-state index in [1.54, 1.807) is 0 Å². The number of ether oxygens (including phenoxy) is 8. The van der Waals surface area contributed by atoms with E-state index < -0.39 is 11.9 Å². The summed E-state index contributed by atoms with van der Waals surface area (Å²) in [7, 11) is 0. The lowest BCUT2D eigenvalue weighted by Crippen LogP contribution is -2.13. The Hall–Kier alpha value is -2.18. The summed E-state index contributed by atoms with van der Waals surface area (Å²) in [6.45, 7) is 9.46. The lowest BCUT2D eigenvalue weighted by atomic mass is 10.5. The largest absolute Gasteiger partial charge is 0.454 e. The summed E-state index contributed by atoms with van der Waals surface area (Å²) in [6.07, 6.45) is 0. The third-order valence-electron chi connectivity index (χ3n) is 3.21. The van der Waals surface area contributed by atoms with Crippen LogP contribution in [-0.4, -0.2) is 104 Å². The van der Waals surface area contributed by atoms with Gasteiger partial charge in [-0.3, -0.25) is 0 Å². The van der Waals surface area contributed by atoms with Crippen LogP contribution in [0.15, 0.2) is 0 Å². The van der Waals surface area contributed by atoms with Crippen molar-refractivity contribution in [2.45, 2.75) is 13.8 Å². The van der Waals surface area contributed by atoms with Gasteiger partial charge in [0.2, 0.25) is 0 Å². The summed E-state index contributed by atoms with van der Waals surface area (Å²) in [5.41, 5.74) is 0. The van der Waals surface area contributed by atoms with Crippen LogP contribution in [0.4, 0.5) is 0 Å². The molecule has 0 aliphatic carbocycles. The Balaban J connectivity index is 3.56. The van der Waals surface area contributed by atoms with Crippen molar-refractivity contribution in [3.8, 4) is 23.7 Å². The van der Waals surface area contributed by atoms with Crippen molar-refractivity contribution < 1.29 is 47.5 Å². The highest BCUT2D eigenvalue weighted by Crippen LogP contribution is 1.84. The first-order chi connectivity index (χ1) is 15.7. The van der Waals surface area contributed by atoms with Gasteiger partial charge in [0.05, 0.1) is 66.1 Å². The molecule has 0 saturated carbocycles. The highest BCUT2D eigenvalue weighted by Gasteiger charge is 1.98. The molecule has 0 aliphatic rings. The first kappa shape index (κ1) is 29.8. The van der Waals surface area contributed by atoms with Gasteiger partial charge < -0.3 is 37.9 Å². The Kier molecular flexibility index (Phi) is 23.4. The van der Waals surface area contributed by atoms with Crippen molar-refractivity contribution in [1.29, 1.82) is 0 Å². The van der Waals surface area contributed by atoms with E-state index in [1.807, 2.05) is 13.8 Å². The fraction of sp³-hybridized carbons (Fsp3) is 0.727. The second-order valence-corrected chi connectivity index (χ2v) is 5.62. The predicted octanol–water partition coefficient (Wildman–Crippen LogP) is 0.219. The van der Waals surface area contributed by atoms with E-state index in [0.717, 1.165) is 0 Å². The number of hydrogen-bond acceptors (Lipinski definition) is 10. The third-order valence-corrected chi connectivity index (χ3v) is 3.21. The molecule has 0 radical (unpaired) electrons. The molecule has 0 spiro atoms. The van der Waals surface area contributed by atoms with Crippen molar-refractivity contribution in [3.63, 3.8) is 0 Å². The summed E-state index contributed by atoms with van der Waals surface area (Å²) < 4.78 is 40.9. The van der Waals surface area contributed by atoms with E-state index in [1.165, 1.54) is 0 Å². The van der Waals surface area contributed by atoms with E-state index in [-0.39, 0.29) is 26.4 Å². The van der Waals surface area contributed by atoms with Gasteiger partial charge in [-0.2, -0.15) is 0 Å². The van der Waals surface area contributed by atoms with Gasteiger partial charge in [0.15, 0.2) is 0 Å². The van der Waals surface area contributed by atoms with Crippen LogP contribution < -0.4 is 0 Å². The lowest BCUT2D eigenvalue weighted by molar-refractivity contribution is -0.139. The summed E-state index contributed by atoms with van der Waals surface area (Å²) in [5, 5.41) is 0. The molecule has 0 rings (SSSR count). The van der Waals surface area contributed by atoms with Crippen LogP contribution in [0.3, 0.4) is 0 Å². The minimum absolute atomic E-state index is 0.0550. The number of esters is 2. The molecule has 0 heterocycles. The Morgan fingerprint density at radius 3 is 1.06 bits per heavy atom. The maximum Gasteiger partial charge on any atom is 0.385 e. The maximum absolute atomic E-state index is 11.4. The van der Waals surface area contributed by atoms with Gasteiger partial charge in [0.25, 0.3) is 0 Å². The lowest BCUT2D eigenvalue weighted by Gasteiger charge is -2.05. The van der Waals surface area contributed by atoms with E-state index in [4.69, 9.17) is 37.9 Å². The topological polar surface area (TPSA) is 108 Å². The summed E-state index contributed by atoms with van der Waals surface area (Å²) >= 11 is 0. The van der Waals surface area contributed by atoms with Crippen LogP contribution in [0, 0.1) is 23.7 Å². The number of hydrogen-bond donors (Lipinski definition) is 0. The van der Waals surface area contributed by atoms with E-state index in [2.05, 4.69) is 23.7 Å². The molecule has 0 amide bonds. The summed E-state index contributed by atoms with van der Waals surface area (Å²) in [6, 6.07) is 0. The molecule has 0 aliphatic heterocycles. The fourth-order valence-corrected chi connectivity index (χ4v) is 1.79. The van der Waals surface area contributed by atoms with Gasteiger partial charge in [-0.05, 0) is 25.7 Å². The normalized spacial score (nSPS) is 9.94. The van der Waals surface area contributed by atoms with Crippen LogP contribution in [0.1, 0.15) is 13.8 Å². The molecule has 0 unspecified atom stereocenters. The van der Waals surface area contributed by atoms with E-state index in [0.29, 0.717) is 66.1 Å². The van der Waals surface area contributed by atoms with Gasteiger partial charge in [-0.15, -0.1) is 0 Å². The van der Waals surface area contributed by atoms with Crippen molar-refractivity contribution in [2.75, 3.05) is 92.5 Å². The van der Waals surface area contributed by atoms with Crippen LogP contribution in [0.25, 0.3) is 0 Å². The van der Waals surface area contributed by atoms with Crippen LogP contribution in [-0.2, 0) is 47.5 Å². The molecule has 0 aromatic rings. The van der Waals surface area contributed by atoms with Crippen LogP contribution in [0.5, 0.6) is 0 Å². The van der Waals surface area contributed by atoms with Gasteiger partial charge in [-0.1, -0.05) is 0 Å². The monoisotopic (exact) mass is 458 g/mol. The van der Waals surface area contributed by atoms with Crippen LogP contribution >= 0.6 is 0 Å². The Morgan fingerprint density at radius 2 is 0.750 bits per heavy atom.